The summed E-state index contributed by atoms with van der Waals surface area (Å²) in [6.45, 7) is 2.87. The van der Waals surface area contributed by atoms with Crippen LogP contribution in [-0.4, -0.2) is 35.5 Å². The summed E-state index contributed by atoms with van der Waals surface area (Å²) in [7, 11) is 0. The number of likely N-dealkylation sites (tertiary alicyclic amines) is 1. The number of ether oxygens (including phenoxy) is 1. The highest BCUT2D eigenvalue weighted by Gasteiger charge is 2.27. The molecule has 1 fully saturated rings. The van der Waals surface area contributed by atoms with Crippen molar-refractivity contribution >= 4 is 5.91 Å². The Morgan fingerprint density at radius 1 is 1.32 bits per heavy atom. The molecule has 0 saturated carbocycles. The van der Waals surface area contributed by atoms with Crippen LogP contribution in [0.25, 0.3) is 0 Å². The monoisotopic (exact) mass is 297 g/mol. The normalized spacial score (nSPS) is 15.3. The summed E-state index contributed by atoms with van der Waals surface area (Å²) in [5.74, 6) is 0.788. The molecular formula is C17H19N3O2. The van der Waals surface area contributed by atoms with Gasteiger partial charge in [-0.25, -0.2) is 0 Å². The summed E-state index contributed by atoms with van der Waals surface area (Å²) in [5.41, 5.74) is 7.56. The van der Waals surface area contributed by atoms with Gasteiger partial charge in [0.05, 0.1) is 0 Å². The third kappa shape index (κ3) is 3.62. The van der Waals surface area contributed by atoms with Crippen LogP contribution in [0.1, 0.15) is 17.0 Å². The maximum Gasteiger partial charge on any atom is 0.255 e. The van der Waals surface area contributed by atoms with Crippen LogP contribution >= 0.6 is 0 Å². The molecule has 0 spiro atoms. The van der Waals surface area contributed by atoms with Crippen molar-refractivity contribution in [3.63, 3.8) is 0 Å². The molecule has 0 unspecified atom stereocenters. The summed E-state index contributed by atoms with van der Waals surface area (Å²) in [5, 5.41) is 0. The van der Waals surface area contributed by atoms with Gasteiger partial charge < -0.3 is 10.5 Å². The van der Waals surface area contributed by atoms with Crippen molar-refractivity contribution in [2.75, 3.05) is 19.7 Å². The molecule has 1 aliphatic heterocycles. The van der Waals surface area contributed by atoms with E-state index in [2.05, 4.69) is 22.0 Å². The van der Waals surface area contributed by atoms with E-state index in [9.17, 15) is 4.79 Å². The second-order valence-electron chi connectivity index (χ2n) is 5.58. The number of rotatable bonds is 6. The minimum atomic E-state index is -0.465. The fraction of sp³-hybridized carbons (Fsp3) is 0.294. The van der Waals surface area contributed by atoms with Gasteiger partial charge in [0, 0.05) is 37.9 Å². The third-order valence-electron chi connectivity index (χ3n) is 3.80. The lowest BCUT2D eigenvalue weighted by Crippen LogP contribution is -2.44. The van der Waals surface area contributed by atoms with Crippen LogP contribution in [0.3, 0.4) is 0 Å². The first kappa shape index (κ1) is 14.5. The number of aromatic nitrogens is 1. The molecule has 1 saturated heterocycles. The SMILES string of the molecule is NC(=O)COc1cccc(CN2CC(c3cccnc3)C2)c1. The quantitative estimate of drug-likeness (QED) is 0.878. The van der Waals surface area contributed by atoms with Gasteiger partial charge in [0.25, 0.3) is 5.91 Å². The smallest absolute Gasteiger partial charge is 0.255 e. The fourth-order valence-electron chi connectivity index (χ4n) is 2.67. The zero-order valence-electron chi connectivity index (χ0n) is 12.3. The number of carbonyl (C=O) groups excluding carboxylic acids is 1. The highest BCUT2D eigenvalue weighted by Crippen LogP contribution is 2.28. The van der Waals surface area contributed by atoms with Crippen molar-refractivity contribution < 1.29 is 9.53 Å². The summed E-state index contributed by atoms with van der Waals surface area (Å²) in [6, 6.07) is 11.9. The van der Waals surface area contributed by atoms with Gasteiger partial charge >= 0.3 is 0 Å². The maximum atomic E-state index is 10.7. The molecule has 2 heterocycles. The Bertz CT molecular complexity index is 639. The first-order chi connectivity index (χ1) is 10.7. The molecule has 0 atom stereocenters. The highest BCUT2D eigenvalue weighted by molar-refractivity contribution is 5.75. The Balaban J connectivity index is 1.52. The first-order valence-electron chi connectivity index (χ1n) is 7.33. The number of hydrogen-bond acceptors (Lipinski definition) is 4. The van der Waals surface area contributed by atoms with Crippen molar-refractivity contribution in [1.29, 1.82) is 0 Å². The van der Waals surface area contributed by atoms with E-state index in [-0.39, 0.29) is 6.61 Å². The van der Waals surface area contributed by atoms with Gasteiger partial charge in [0.2, 0.25) is 0 Å². The average molecular weight is 297 g/mol. The van der Waals surface area contributed by atoms with E-state index < -0.39 is 5.91 Å². The molecule has 0 aliphatic carbocycles. The number of nitrogens with two attached hydrogens (primary N) is 1. The van der Waals surface area contributed by atoms with E-state index in [1.54, 1.807) is 6.20 Å². The molecule has 2 aromatic rings. The van der Waals surface area contributed by atoms with Crippen molar-refractivity contribution in [1.82, 2.24) is 9.88 Å². The Hall–Kier alpha value is -2.40. The van der Waals surface area contributed by atoms with Crippen LogP contribution < -0.4 is 10.5 Å². The second kappa shape index (κ2) is 6.58. The van der Waals surface area contributed by atoms with Gasteiger partial charge in [0.15, 0.2) is 6.61 Å². The number of benzene rings is 1. The molecule has 22 heavy (non-hydrogen) atoms. The molecule has 0 bridgehead atoms. The Kier molecular flexibility index (Phi) is 4.34. The molecule has 1 aliphatic rings. The molecule has 1 amide bonds. The number of nitrogens with zero attached hydrogens (tertiary/aromatic N) is 2. The topological polar surface area (TPSA) is 68.5 Å². The van der Waals surface area contributed by atoms with Gasteiger partial charge in [-0.2, -0.15) is 0 Å². The van der Waals surface area contributed by atoms with Gasteiger partial charge in [0.1, 0.15) is 5.75 Å². The molecule has 1 aromatic heterocycles. The summed E-state index contributed by atoms with van der Waals surface area (Å²) >= 11 is 0. The van der Waals surface area contributed by atoms with Crippen LogP contribution in [-0.2, 0) is 11.3 Å². The van der Waals surface area contributed by atoms with E-state index in [1.807, 2.05) is 30.5 Å². The van der Waals surface area contributed by atoms with E-state index in [1.165, 1.54) is 11.1 Å². The first-order valence-corrected chi connectivity index (χ1v) is 7.33. The van der Waals surface area contributed by atoms with Gasteiger partial charge in [-0.1, -0.05) is 18.2 Å². The van der Waals surface area contributed by atoms with Crippen LogP contribution in [0.5, 0.6) is 5.75 Å². The van der Waals surface area contributed by atoms with Gasteiger partial charge in [-0.15, -0.1) is 0 Å². The number of primary amides is 1. The molecule has 5 nitrogen and oxygen atoms in total. The van der Waals surface area contributed by atoms with Crippen LogP contribution in [0, 0.1) is 0 Å². The predicted octanol–water partition coefficient (Wildman–Crippen LogP) is 1.55. The van der Waals surface area contributed by atoms with Crippen molar-refractivity contribution in [3.05, 3.63) is 59.9 Å². The molecule has 114 valence electrons. The fourth-order valence-corrected chi connectivity index (χ4v) is 2.67. The standard InChI is InChI=1S/C17H19N3O2/c18-17(21)12-22-16-5-1-3-13(7-16)9-20-10-15(11-20)14-4-2-6-19-8-14/h1-8,15H,9-12H2,(H2,18,21). The van der Waals surface area contributed by atoms with Crippen LogP contribution in [0.15, 0.2) is 48.8 Å². The summed E-state index contributed by atoms with van der Waals surface area (Å²) < 4.78 is 5.33. The van der Waals surface area contributed by atoms with Crippen molar-refractivity contribution in [2.24, 2.45) is 5.73 Å². The molecular weight excluding hydrogens is 278 g/mol. The van der Waals surface area contributed by atoms with Crippen LogP contribution in [0.2, 0.25) is 0 Å². The average Bonchev–Trinajstić information content (AvgIpc) is 2.50. The summed E-state index contributed by atoms with van der Waals surface area (Å²) in [6.07, 6.45) is 3.75. The molecule has 5 heteroatoms. The second-order valence-corrected chi connectivity index (χ2v) is 5.58. The van der Waals surface area contributed by atoms with Crippen molar-refractivity contribution in [3.8, 4) is 5.75 Å². The number of carbonyl (C=O) groups is 1. The van der Waals surface area contributed by atoms with Crippen LogP contribution in [0.4, 0.5) is 0 Å². The van der Waals surface area contributed by atoms with Crippen molar-refractivity contribution in [2.45, 2.75) is 12.5 Å². The third-order valence-corrected chi connectivity index (χ3v) is 3.80. The minimum absolute atomic E-state index is 0.0871. The molecule has 1 aromatic carbocycles. The molecule has 0 radical (unpaired) electrons. The Morgan fingerprint density at radius 3 is 2.91 bits per heavy atom. The minimum Gasteiger partial charge on any atom is -0.484 e. The predicted molar refractivity (Wildman–Crippen MR) is 83.4 cm³/mol. The Morgan fingerprint density at radius 2 is 2.18 bits per heavy atom. The maximum absolute atomic E-state index is 10.7. The lowest BCUT2D eigenvalue weighted by molar-refractivity contribution is -0.119. The molecule has 3 rings (SSSR count). The van der Waals surface area contributed by atoms with Gasteiger partial charge in [-0.05, 0) is 29.3 Å². The van der Waals surface area contributed by atoms with E-state index in [0.717, 1.165) is 19.6 Å². The van der Waals surface area contributed by atoms with Gasteiger partial charge in [-0.3, -0.25) is 14.7 Å². The van der Waals surface area contributed by atoms with E-state index in [0.29, 0.717) is 11.7 Å². The highest BCUT2D eigenvalue weighted by atomic mass is 16.5. The van der Waals surface area contributed by atoms with E-state index >= 15 is 0 Å². The number of pyridine rings is 1. The lowest BCUT2D eigenvalue weighted by Gasteiger charge is -2.39. The summed E-state index contributed by atoms with van der Waals surface area (Å²) in [4.78, 5) is 17.3. The Labute approximate surface area is 129 Å². The largest absolute Gasteiger partial charge is 0.484 e. The zero-order chi connectivity index (χ0) is 15.4. The number of hydrogen-bond donors (Lipinski definition) is 1. The zero-order valence-corrected chi connectivity index (χ0v) is 12.3. The lowest BCUT2D eigenvalue weighted by atomic mass is 9.92. The number of amides is 1. The van der Waals surface area contributed by atoms with E-state index in [4.69, 9.17) is 10.5 Å². The molecule has 2 N–H and O–H groups in total.